The molecular weight excluding hydrogens is 444 g/mol. The second-order valence-electron chi connectivity index (χ2n) is 8.59. The first kappa shape index (κ1) is 22.1. The van der Waals surface area contributed by atoms with Crippen LogP contribution in [0.2, 0.25) is 0 Å². The number of halogens is 2. The van der Waals surface area contributed by atoms with Crippen molar-refractivity contribution >= 4 is 11.8 Å². The summed E-state index contributed by atoms with van der Waals surface area (Å²) in [5.41, 5.74) is 2.23. The van der Waals surface area contributed by atoms with Crippen LogP contribution in [0.15, 0.2) is 47.0 Å². The monoisotopic (exact) mass is 467 g/mol. The Balaban J connectivity index is 1.31. The minimum Gasteiger partial charge on any atom is -0.415 e. The molecule has 1 aliphatic carbocycles. The zero-order chi connectivity index (χ0) is 23.7. The van der Waals surface area contributed by atoms with Gasteiger partial charge in [-0.3, -0.25) is 14.6 Å². The fourth-order valence-electron chi connectivity index (χ4n) is 4.71. The third-order valence-corrected chi connectivity index (χ3v) is 6.34. The zero-order valence-corrected chi connectivity index (χ0v) is 18.3. The minimum atomic E-state index is -2.87. The number of carbonyl (C=O) groups is 2. The molecule has 1 N–H and O–H groups in total. The maximum absolute atomic E-state index is 13.3. The highest BCUT2D eigenvalue weighted by molar-refractivity contribution is 5.99. The lowest BCUT2D eigenvalue weighted by molar-refractivity contribution is -0.121. The Morgan fingerprint density at radius 2 is 1.97 bits per heavy atom. The Labute approximate surface area is 194 Å². The van der Waals surface area contributed by atoms with E-state index in [0.29, 0.717) is 23.4 Å². The van der Waals surface area contributed by atoms with Gasteiger partial charge in [-0.1, -0.05) is 43.2 Å². The van der Waals surface area contributed by atoms with Crippen molar-refractivity contribution in [3.8, 4) is 11.5 Å². The van der Waals surface area contributed by atoms with Crippen molar-refractivity contribution in [2.75, 3.05) is 0 Å². The Bertz CT molecular complexity index is 1200. The van der Waals surface area contributed by atoms with Crippen LogP contribution in [-0.2, 0) is 17.8 Å². The molecule has 10 heteroatoms. The molecule has 2 amide bonds. The third kappa shape index (κ3) is 4.40. The predicted molar refractivity (Wildman–Crippen MR) is 117 cm³/mol. The lowest BCUT2D eigenvalue weighted by atomic mass is 9.89. The first-order valence-corrected chi connectivity index (χ1v) is 11.2. The van der Waals surface area contributed by atoms with E-state index in [4.69, 9.17) is 4.42 Å². The van der Waals surface area contributed by atoms with Crippen molar-refractivity contribution < 1.29 is 22.8 Å². The van der Waals surface area contributed by atoms with Gasteiger partial charge in [0.25, 0.3) is 11.8 Å². The molecule has 3 heterocycles. The highest BCUT2D eigenvalue weighted by Gasteiger charge is 2.39. The lowest BCUT2D eigenvalue weighted by Crippen LogP contribution is -2.53. The van der Waals surface area contributed by atoms with Crippen molar-refractivity contribution in [1.82, 2.24) is 25.4 Å². The molecule has 34 heavy (non-hydrogen) atoms. The van der Waals surface area contributed by atoms with Crippen molar-refractivity contribution in [1.29, 1.82) is 0 Å². The molecule has 1 fully saturated rings. The Kier molecular flexibility index (Phi) is 6.04. The molecule has 8 nitrogen and oxygen atoms in total. The second kappa shape index (κ2) is 9.28. The number of benzene rings is 1. The summed E-state index contributed by atoms with van der Waals surface area (Å²) in [5, 5.41) is 10.1. The number of amides is 2. The highest BCUT2D eigenvalue weighted by Crippen LogP contribution is 2.32. The maximum Gasteiger partial charge on any atom is 0.314 e. The van der Waals surface area contributed by atoms with E-state index < -0.39 is 12.3 Å². The molecule has 1 aromatic carbocycles. The SMILES string of the molecule is O=C(Cc1ccccc1)N[C@@H]1CCCC[C@H]1N1Cc2ncc(-c3nnc(C(F)F)o3)cc2C1=O. The summed E-state index contributed by atoms with van der Waals surface area (Å²) >= 11 is 0. The topological polar surface area (TPSA) is 101 Å². The van der Waals surface area contributed by atoms with Crippen LogP contribution in [0.4, 0.5) is 8.78 Å². The predicted octanol–water partition coefficient (Wildman–Crippen LogP) is 3.70. The van der Waals surface area contributed by atoms with E-state index in [9.17, 15) is 18.4 Å². The molecule has 5 rings (SSSR count). The van der Waals surface area contributed by atoms with Gasteiger partial charge in [0, 0.05) is 12.2 Å². The van der Waals surface area contributed by atoms with Gasteiger partial charge >= 0.3 is 6.43 Å². The summed E-state index contributed by atoms with van der Waals surface area (Å²) in [4.78, 5) is 32.1. The van der Waals surface area contributed by atoms with Gasteiger partial charge in [-0.15, -0.1) is 10.2 Å². The first-order valence-electron chi connectivity index (χ1n) is 11.2. The normalized spacial score (nSPS) is 20.0. The van der Waals surface area contributed by atoms with Crippen LogP contribution in [0.5, 0.6) is 0 Å². The number of nitrogens with one attached hydrogen (secondary N) is 1. The van der Waals surface area contributed by atoms with E-state index in [2.05, 4.69) is 20.5 Å². The van der Waals surface area contributed by atoms with E-state index in [1.165, 1.54) is 6.20 Å². The van der Waals surface area contributed by atoms with Gasteiger partial charge in [0.2, 0.25) is 11.8 Å². The van der Waals surface area contributed by atoms with Gasteiger partial charge in [0.05, 0.1) is 35.8 Å². The van der Waals surface area contributed by atoms with E-state index >= 15 is 0 Å². The Morgan fingerprint density at radius 3 is 2.74 bits per heavy atom. The van der Waals surface area contributed by atoms with Gasteiger partial charge in [-0.2, -0.15) is 8.78 Å². The molecule has 1 aliphatic heterocycles. The first-order chi connectivity index (χ1) is 16.5. The van der Waals surface area contributed by atoms with Crippen LogP contribution in [0, 0.1) is 0 Å². The van der Waals surface area contributed by atoms with E-state index in [1.807, 2.05) is 30.3 Å². The molecule has 0 bridgehead atoms. The highest BCUT2D eigenvalue weighted by atomic mass is 19.3. The number of aromatic nitrogens is 3. The third-order valence-electron chi connectivity index (χ3n) is 6.34. The van der Waals surface area contributed by atoms with Crippen LogP contribution in [-0.4, -0.2) is 44.0 Å². The van der Waals surface area contributed by atoms with Crippen LogP contribution >= 0.6 is 0 Å². The van der Waals surface area contributed by atoms with Gasteiger partial charge in [0.1, 0.15) is 0 Å². The molecule has 176 valence electrons. The van der Waals surface area contributed by atoms with Crippen LogP contribution < -0.4 is 5.32 Å². The van der Waals surface area contributed by atoms with Gasteiger partial charge in [-0.25, -0.2) is 0 Å². The molecule has 3 aromatic rings. The largest absolute Gasteiger partial charge is 0.415 e. The number of pyridine rings is 1. The van der Waals surface area contributed by atoms with Crippen molar-refractivity contribution in [2.45, 2.75) is 57.2 Å². The van der Waals surface area contributed by atoms with E-state index in [-0.39, 0.29) is 36.2 Å². The molecular formula is C24H23F2N5O3. The molecule has 0 saturated heterocycles. The van der Waals surface area contributed by atoms with Crippen LogP contribution in [0.3, 0.4) is 0 Å². The van der Waals surface area contributed by atoms with Crippen molar-refractivity contribution in [3.05, 3.63) is 65.3 Å². The minimum absolute atomic E-state index is 0.0705. The van der Waals surface area contributed by atoms with Crippen molar-refractivity contribution in [2.24, 2.45) is 0 Å². The molecule has 2 aromatic heterocycles. The van der Waals surface area contributed by atoms with E-state index in [0.717, 1.165) is 31.2 Å². The number of hydrogen-bond donors (Lipinski definition) is 1. The molecule has 0 spiro atoms. The summed E-state index contributed by atoms with van der Waals surface area (Å²) in [6.07, 6.45) is 2.38. The molecule has 1 saturated carbocycles. The summed E-state index contributed by atoms with van der Waals surface area (Å²) < 4.78 is 30.6. The summed E-state index contributed by atoms with van der Waals surface area (Å²) in [7, 11) is 0. The summed E-state index contributed by atoms with van der Waals surface area (Å²) in [6, 6.07) is 10.8. The number of carbonyl (C=O) groups excluding carboxylic acids is 2. The van der Waals surface area contributed by atoms with Gasteiger partial charge in [0.15, 0.2) is 0 Å². The molecule has 2 aliphatic rings. The van der Waals surface area contributed by atoms with Gasteiger partial charge in [-0.05, 0) is 24.5 Å². The van der Waals surface area contributed by atoms with Crippen LogP contribution in [0.1, 0.15) is 59.6 Å². The van der Waals surface area contributed by atoms with Crippen molar-refractivity contribution in [3.63, 3.8) is 0 Å². The number of hydrogen-bond acceptors (Lipinski definition) is 6. The fourth-order valence-corrected chi connectivity index (χ4v) is 4.71. The molecule has 0 unspecified atom stereocenters. The maximum atomic E-state index is 13.3. The Morgan fingerprint density at radius 1 is 1.18 bits per heavy atom. The van der Waals surface area contributed by atoms with Crippen LogP contribution in [0.25, 0.3) is 11.5 Å². The van der Waals surface area contributed by atoms with Gasteiger partial charge < -0.3 is 14.6 Å². The fraction of sp³-hybridized carbons (Fsp3) is 0.375. The average molecular weight is 467 g/mol. The quantitative estimate of drug-likeness (QED) is 0.593. The average Bonchev–Trinajstić information content (AvgIpc) is 3.45. The Hall–Kier alpha value is -3.69. The number of nitrogens with zero attached hydrogens (tertiary/aromatic N) is 4. The standard InChI is InChI=1S/C24H23F2N5O3/c25-21(26)23-30-29-22(34-23)15-11-16-18(27-12-15)13-31(24(16)33)19-9-5-4-8-17(19)28-20(32)10-14-6-2-1-3-7-14/h1-3,6-7,11-12,17,19,21H,4-5,8-10,13H2,(H,28,32)/t17-,19-/m1/s1. The summed E-state index contributed by atoms with van der Waals surface area (Å²) in [6.45, 7) is 0.330. The van der Waals surface area contributed by atoms with E-state index in [1.54, 1.807) is 11.0 Å². The molecule has 0 radical (unpaired) electrons. The number of fused-ring (bicyclic) bond motifs is 1. The number of rotatable bonds is 6. The second-order valence-corrected chi connectivity index (χ2v) is 8.59. The summed E-state index contributed by atoms with van der Waals surface area (Å²) in [5.74, 6) is -1.16. The number of alkyl halides is 2. The zero-order valence-electron chi connectivity index (χ0n) is 18.3. The molecule has 2 atom stereocenters. The smallest absolute Gasteiger partial charge is 0.314 e. The lowest BCUT2D eigenvalue weighted by Gasteiger charge is -2.38.